The van der Waals surface area contributed by atoms with Crippen molar-refractivity contribution in [3.8, 4) is 0 Å². The molecule has 0 amide bonds. The zero-order valence-corrected chi connectivity index (χ0v) is 19.3. The van der Waals surface area contributed by atoms with Crippen LogP contribution in [0.3, 0.4) is 0 Å². The first-order valence-electron chi connectivity index (χ1n) is 11.4. The Bertz CT molecular complexity index is 1580. The van der Waals surface area contributed by atoms with Gasteiger partial charge in [-0.2, -0.15) is 0 Å². The van der Waals surface area contributed by atoms with Crippen molar-refractivity contribution in [3.05, 3.63) is 112 Å². The Morgan fingerprint density at radius 3 is 2.44 bits per heavy atom. The first kappa shape index (κ1) is 21.6. The molecule has 170 valence electrons. The predicted octanol–water partition coefficient (Wildman–Crippen LogP) is 4.86. The van der Waals surface area contributed by atoms with Crippen LogP contribution in [0.4, 0.5) is 0 Å². The lowest BCUT2D eigenvalue weighted by molar-refractivity contribution is 0.677. The maximum absolute atomic E-state index is 13.6. The molecule has 0 spiro atoms. The van der Waals surface area contributed by atoms with Gasteiger partial charge in [-0.05, 0) is 40.1 Å². The number of benzene rings is 3. The normalized spacial score (nSPS) is 11.5. The van der Waals surface area contributed by atoms with Crippen LogP contribution in [-0.4, -0.2) is 20.0 Å². The monoisotopic (exact) mass is 449 g/mol. The molecule has 0 aliphatic rings. The Morgan fingerprint density at radius 1 is 0.941 bits per heavy atom. The summed E-state index contributed by atoms with van der Waals surface area (Å²) in [5.41, 5.74) is 9.83. The van der Waals surface area contributed by atoms with E-state index in [9.17, 15) is 4.79 Å². The highest BCUT2D eigenvalue weighted by atomic mass is 16.1. The van der Waals surface area contributed by atoms with Crippen molar-refractivity contribution in [3.63, 3.8) is 0 Å². The summed E-state index contributed by atoms with van der Waals surface area (Å²) in [5.74, 6) is 1.11. The maximum Gasteiger partial charge on any atom is 0.277 e. The van der Waals surface area contributed by atoms with E-state index in [0.29, 0.717) is 24.2 Å². The van der Waals surface area contributed by atoms with E-state index in [2.05, 4.69) is 36.6 Å². The van der Waals surface area contributed by atoms with Crippen molar-refractivity contribution in [2.75, 3.05) is 0 Å². The van der Waals surface area contributed by atoms with Crippen LogP contribution in [0.1, 0.15) is 42.3 Å². The molecule has 2 heterocycles. The quantitative estimate of drug-likeness (QED) is 0.287. The molecule has 0 atom stereocenters. The summed E-state index contributed by atoms with van der Waals surface area (Å²) in [4.78, 5) is 18.4. The van der Waals surface area contributed by atoms with Gasteiger partial charge in [-0.1, -0.05) is 68.4 Å². The summed E-state index contributed by atoms with van der Waals surface area (Å²) in [6, 6.07) is 23.9. The van der Waals surface area contributed by atoms with E-state index < -0.39 is 0 Å². The van der Waals surface area contributed by atoms with Gasteiger partial charge in [0.15, 0.2) is 0 Å². The van der Waals surface area contributed by atoms with Crippen molar-refractivity contribution >= 4 is 27.6 Å². The molecule has 0 saturated carbocycles. The molecule has 2 aromatic heterocycles. The SMILES string of the molecule is CC(C)c1nc2ccn(Cc3ccccc3)c(=O)c2n1Cc1ccc2ccc(C(=N)N)cc2c1. The second-order valence-electron chi connectivity index (χ2n) is 8.99. The molecule has 6 nitrogen and oxygen atoms in total. The molecule has 0 radical (unpaired) electrons. The molecule has 6 heteroatoms. The number of nitrogens with one attached hydrogen (secondary N) is 1. The number of hydrogen-bond acceptors (Lipinski definition) is 3. The van der Waals surface area contributed by atoms with Crippen molar-refractivity contribution in [2.45, 2.75) is 32.9 Å². The molecule has 0 unspecified atom stereocenters. The highest BCUT2D eigenvalue weighted by molar-refractivity contribution is 5.99. The molecule has 3 N–H and O–H groups in total. The van der Waals surface area contributed by atoms with E-state index in [1.807, 2.05) is 60.8 Å². The minimum Gasteiger partial charge on any atom is -0.384 e. The molecular weight excluding hydrogens is 422 g/mol. The number of nitrogens with zero attached hydrogens (tertiary/aromatic N) is 3. The molecule has 3 aromatic carbocycles. The van der Waals surface area contributed by atoms with Crippen LogP contribution in [0.5, 0.6) is 0 Å². The van der Waals surface area contributed by atoms with Crippen LogP contribution in [0, 0.1) is 5.41 Å². The molecule has 0 aliphatic carbocycles. The lowest BCUT2D eigenvalue weighted by Gasteiger charge is -2.13. The van der Waals surface area contributed by atoms with E-state index in [1.165, 1.54) is 0 Å². The molecule has 0 bridgehead atoms. The van der Waals surface area contributed by atoms with E-state index in [4.69, 9.17) is 16.1 Å². The van der Waals surface area contributed by atoms with E-state index in [-0.39, 0.29) is 17.3 Å². The summed E-state index contributed by atoms with van der Waals surface area (Å²) in [6.45, 7) is 5.25. The van der Waals surface area contributed by atoms with Gasteiger partial charge in [0.05, 0.1) is 12.1 Å². The van der Waals surface area contributed by atoms with Crippen LogP contribution in [0.15, 0.2) is 83.8 Å². The molecule has 5 rings (SSSR count). The predicted molar refractivity (Wildman–Crippen MR) is 138 cm³/mol. The number of rotatable bonds is 6. The average molecular weight is 450 g/mol. The van der Waals surface area contributed by atoms with Crippen LogP contribution < -0.4 is 11.3 Å². The van der Waals surface area contributed by atoms with Gasteiger partial charge in [-0.25, -0.2) is 4.98 Å². The third-order valence-electron chi connectivity index (χ3n) is 6.17. The highest BCUT2D eigenvalue weighted by Crippen LogP contribution is 2.24. The minimum atomic E-state index is -0.0413. The van der Waals surface area contributed by atoms with Gasteiger partial charge in [0.1, 0.15) is 17.2 Å². The summed E-state index contributed by atoms with van der Waals surface area (Å²) in [7, 11) is 0. The summed E-state index contributed by atoms with van der Waals surface area (Å²) >= 11 is 0. The number of nitrogen functional groups attached to an aromatic ring is 1. The fourth-order valence-electron chi connectivity index (χ4n) is 4.45. The zero-order chi connectivity index (χ0) is 23.8. The number of imidazole rings is 1. The molecular formula is C28H27N5O. The Morgan fingerprint density at radius 2 is 1.71 bits per heavy atom. The lowest BCUT2D eigenvalue weighted by atomic mass is 10.0. The minimum absolute atomic E-state index is 0.0413. The molecule has 5 aromatic rings. The largest absolute Gasteiger partial charge is 0.384 e. The average Bonchev–Trinajstić information content (AvgIpc) is 3.20. The molecule has 0 aliphatic heterocycles. The fourth-order valence-corrected chi connectivity index (χ4v) is 4.45. The van der Waals surface area contributed by atoms with Gasteiger partial charge in [0.2, 0.25) is 0 Å². The Hall–Kier alpha value is -4.19. The number of fused-ring (bicyclic) bond motifs is 2. The Labute approximate surface area is 197 Å². The van der Waals surface area contributed by atoms with Crippen LogP contribution in [0.2, 0.25) is 0 Å². The number of nitrogens with two attached hydrogens (primary N) is 1. The second-order valence-corrected chi connectivity index (χ2v) is 8.99. The fraction of sp³-hybridized carbons (Fsp3) is 0.179. The van der Waals surface area contributed by atoms with E-state index in [0.717, 1.165) is 33.2 Å². The van der Waals surface area contributed by atoms with Crippen molar-refractivity contribution in [1.29, 1.82) is 5.41 Å². The Kier molecular flexibility index (Phi) is 5.49. The van der Waals surface area contributed by atoms with Gasteiger partial charge in [0, 0.05) is 24.2 Å². The third-order valence-corrected chi connectivity index (χ3v) is 6.17. The van der Waals surface area contributed by atoms with E-state index >= 15 is 0 Å². The van der Waals surface area contributed by atoms with Gasteiger partial charge < -0.3 is 14.9 Å². The van der Waals surface area contributed by atoms with Gasteiger partial charge in [0.25, 0.3) is 5.56 Å². The summed E-state index contributed by atoms with van der Waals surface area (Å²) < 4.78 is 3.80. The van der Waals surface area contributed by atoms with Gasteiger partial charge in [-0.3, -0.25) is 10.2 Å². The molecule has 0 fully saturated rings. The topological polar surface area (TPSA) is 89.7 Å². The molecule has 34 heavy (non-hydrogen) atoms. The van der Waals surface area contributed by atoms with Crippen molar-refractivity contribution in [2.24, 2.45) is 5.73 Å². The summed E-state index contributed by atoms with van der Waals surface area (Å²) in [6.07, 6.45) is 1.83. The van der Waals surface area contributed by atoms with Crippen LogP contribution >= 0.6 is 0 Å². The third kappa shape index (κ3) is 3.99. The number of hydrogen-bond donors (Lipinski definition) is 2. The van der Waals surface area contributed by atoms with Crippen LogP contribution in [0.25, 0.3) is 21.8 Å². The van der Waals surface area contributed by atoms with Crippen molar-refractivity contribution < 1.29 is 0 Å². The zero-order valence-electron chi connectivity index (χ0n) is 19.3. The van der Waals surface area contributed by atoms with Crippen molar-refractivity contribution in [1.82, 2.24) is 14.1 Å². The standard InChI is InChI=1S/C28H27N5O/c1-18(2)27-31-24-12-13-32(16-19-6-4-3-5-7-19)28(34)25(24)33(27)17-20-8-9-21-10-11-22(26(29)30)15-23(21)14-20/h3-15,18H,16-17H2,1-2H3,(H3,29,30). The van der Waals surface area contributed by atoms with Gasteiger partial charge in [-0.15, -0.1) is 0 Å². The smallest absolute Gasteiger partial charge is 0.277 e. The van der Waals surface area contributed by atoms with E-state index in [1.54, 1.807) is 4.57 Å². The number of pyridine rings is 1. The first-order valence-corrected chi connectivity index (χ1v) is 11.4. The maximum atomic E-state index is 13.6. The van der Waals surface area contributed by atoms with Gasteiger partial charge >= 0.3 is 0 Å². The Balaban J connectivity index is 1.61. The summed E-state index contributed by atoms with van der Waals surface area (Å²) in [5, 5.41) is 9.84. The first-order chi connectivity index (χ1) is 16.4. The second kappa shape index (κ2) is 8.63. The highest BCUT2D eigenvalue weighted by Gasteiger charge is 2.18. The van der Waals surface area contributed by atoms with Crippen LogP contribution in [-0.2, 0) is 13.1 Å². The number of aromatic nitrogens is 3. The molecule has 0 saturated heterocycles. The number of amidine groups is 1. The lowest BCUT2D eigenvalue weighted by Crippen LogP contribution is -2.22.